The molecule has 4 heterocycles. The van der Waals surface area contributed by atoms with Gasteiger partial charge in [0.25, 0.3) is 0 Å². The van der Waals surface area contributed by atoms with Crippen LogP contribution in [0, 0.1) is 12.3 Å². The number of aryl methyl sites for hydroxylation is 1. The van der Waals surface area contributed by atoms with Gasteiger partial charge < -0.3 is 4.90 Å². The fraction of sp³-hybridized carbons (Fsp3) is 0.444. The summed E-state index contributed by atoms with van der Waals surface area (Å²) in [5.41, 5.74) is 1.24. The number of pyridine rings is 1. The molecule has 2 aliphatic heterocycles. The second kappa shape index (κ2) is 5.73. The second-order valence-electron chi connectivity index (χ2n) is 6.82. The number of rotatable bonds is 3. The van der Waals surface area contributed by atoms with Crippen molar-refractivity contribution in [2.75, 3.05) is 24.5 Å². The van der Waals surface area contributed by atoms with Gasteiger partial charge in [0.1, 0.15) is 0 Å². The number of carbonyl (C=O) groups is 1. The lowest BCUT2D eigenvalue weighted by Crippen LogP contribution is -2.31. The maximum Gasteiger partial charge on any atom is 0.228 e. The predicted molar refractivity (Wildman–Crippen MR) is 92.6 cm³/mol. The molecule has 0 bridgehead atoms. The van der Waals surface area contributed by atoms with Gasteiger partial charge in [-0.25, -0.2) is 0 Å². The van der Waals surface area contributed by atoms with Crippen LogP contribution in [0.15, 0.2) is 36.5 Å². The van der Waals surface area contributed by atoms with Crippen molar-refractivity contribution in [3.8, 4) is 0 Å². The van der Waals surface area contributed by atoms with Crippen molar-refractivity contribution in [1.29, 1.82) is 0 Å². The summed E-state index contributed by atoms with van der Waals surface area (Å²) in [6.07, 6.45) is 3.64. The van der Waals surface area contributed by atoms with Crippen molar-refractivity contribution >= 4 is 22.2 Å². The fourth-order valence-electron chi connectivity index (χ4n) is 3.82. The molecule has 0 aliphatic carbocycles. The lowest BCUT2D eigenvalue weighted by atomic mass is 9.86. The molecule has 0 radical (unpaired) electrons. The van der Waals surface area contributed by atoms with Crippen molar-refractivity contribution in [2.45, 2.75) is 26.3 Å². The Balaban J connectivity index is 1.45. The molecule has 1 spiro atoms. The van der Waals surface area contributed by atoms with Crippen LogP contribution in [0.3, 0.4) is 0 Å². The van der Waals surface area contributed by atoms with E-state index in [0.717, 1.165) is 43.3 Å². The van der Waals surface area contributed by atoms with Crippen LogP contribution in [-0.2, 0) is 11.3 Å². The summed E-state index contributed by atoms with van der Waals surface area (Å²) < 4.78 is 0. The molecule has 2 aromatic rings. The lowest BCUT2D eigenvalue weighted by Gasteiger charge is -2.23. The van der Waals surface area contributed by atoms with Crippen molar-refractivity contribution < 1.29 is 4.79 Å². The van der Waals surface area contributed by atoms with E-state index in [1.807, 2.05) is 23.2 Å². The van der Waals surface area contributed by atoms with Crippen molar-refractivity contribution in [2.24, 2.45) is 5.41 Å². The monoisotopic (exact) mass is 327 g/mol. The van der Waals surface area contributed by atoms with Gasteiger partial charge in [-0.15, -0.1) is 11.3 Å². The van der Waals surface area contributed by atoms with Crippen molar-refractivity contribution in [3.63, 3.8) is 0 Å². The number of carbonyl (C=O) groups excluding carboxylic acids is 1. The zero-order valence-corrected chi connectivity index (χ0v) is 14.2. The van der Waals surface area contributed by atoms with Crippen LogP contribution in [0.1, 0.15) is 23.4 Å². The number of thiophene rings is 1. The Morgan fingerprint density at radius 2 is 2.17 bits per heavy atom. The highest BCUT2D eigenvalue weighted by Crippen LogP contribution is 2.43. The molecule has 0 aromatic carbocycles. The van der Waals surface area contributed by atoms with Gasteiger partial charge in [-0.1, -0.05) is 6.07 Å². The molecule has 2 aliphatic rings. The molecule has 1 amide bonds. The Kier molecular flexibility index (Phi) is 3.70. The summed E-state index contributed by atoms with van der Waals surface area (Å²) in [5, 5.41) is 1.10. The topological polar surface area (TPSA) is 36.4 Å². The first-order valence-electron chi connectivity index (χ1n) is 8.13. The number of likely N-dealkylation sites (tertiary alicyclic amines) is 1. The first kappa shape index (κ1) is 14.8. The molecule has 4 nitrogen and oxygen atoms in total. The molecular formula is C18H21N3OS. The molecule has 1 atom stereocenters. The number of anilines is 1. The van der Waals surface area contributed by atoms with Gasteiger partial charge in [0.2, 0.25) is 5.91 Å². The Morgan fingerprint density at radius 1 is 1.26 bits per heavy atom. The van der Waals surface area contributed by atoms with E-state index in [9.17, 15) is 4.79 Å². The van der Waals surface area contributed by atoms with Gasteiger partial charge >= 0.3 is 0 Å². The number of aromatic nitrogens is 1. The molecule has 2 aromatic heterocycles. The number of hydrogen-bond acceptors (Lipinski definition) is 4. The average Bonchev–Trinajstić information content (AvgIpc) is 3.21. The summed E-state index contributed by atoms with van der Waals surface area (Å²) in [5.74, 6) is 0.284. The zero-order chi connectivity index (χ0) is 15.9. The minimum atomic E-state index is 0.129. The van der Waals surface area contributed by atoms with E-state index in [4.69, 9.17) is 0 Å². The molecule has 2 fully saturated rings. The standard InChI is InChI=1S/C18H21N3OS/c1-14-5-6-17(23-14)21-13-18(10-16(21)22)7-9-20(12-18)11-15-4-2-3-8-19-15/h2-6,8H,7,9-13H2,1H3. The molecule has 2 saturated heterocycles. The third kappa shape index (κ3) is 2.91. The normalized spacial score (nSPS) is 24.9. The third-order valence-electron chi connectivity index (χ3n) is 4.94. The van der Waals surface area contributed by atoms with E-state index >= 15 is 0 Å². The van der Waals surface area contributed by atoms with E-state index < -0.39 is 0 Å². The average molecular weight is 327 g/mol. The smallest absolute Gasteiger partial charge is 0.228 e. The van der Waals surface area contributed by atoms with Gasteiger partial charge in [-0.3, -0.25) is 14.7 Å². The zero-order valence-electron chi connectivity index (χ0n) is 13.4. The Bertz CT molecular complexity index is 714. The minimum Gasteiger partial charge on any atom is -0.303 e. The van der Waals surface area contributed by atoms with Gasteiger partial charge in [-0.2, -0.15) is 0 Å². The third-order valence-corrected chi connectivity index (χ3v) is 5.97. The van der Waals surface area contributed by atoms with E-state index in [0.29, 0.717) is 6.42 Å². The maximum absolute atomic E-state index is 12.5. The van der Waals surface area contributed by atoms with Crippen molar-refractivity contribution in [3.05, 3.63) is 47.1 Å². The van der Waals surface area contributed by atoms with E-state index in [2.05, 4.69) is 35.0 Å². The quantitative estimate of drug-likeness (QED) is 0.869. The molecule has 5 heteroatoms. The Labute approximate surface area is 140 Å². The van der Waals surface area contributed by atoms with Gasteiger partial charge in [0.05, 0.1) is 10.7 Å². The molecule has 23 heavy (non-hydrogen) atoms. The predicted octanol–water partition coefficient (Wildman–Crippen LogP) is 3.08. The van der Waals surface area contributed by atoms with Gasteiger partial charge in [0.15, 0.2) is 0 Å². The van der Waals surface area contributed by atoms with Crippen LogP contribution in [0.25, 0.3) is 0 Å². The van der Waals surface area contributed by atoms with Gasteiger partial charge in [0, 0.05) is 42.5 Å². The van der Waals surface area contributed by atoms with Crippen molar-refractivity contribution in [1.82, 2.24) is 9.88 Å². The first-order valence-corrected chi connectivity index (χ1v) is 8.94. The minimum absolute atomic E-state index is 0.129. The lowest BCUT2D eigenvalue weighted by molar-refractivity contribution is -0.117. The van der Waals surface area contributed by atoms with E-state index in [1.54, 1.807) is 11.3 Å². The highest BCUT2D eigenvalue weighted by atomic mass is 32.1. The SMILES string of the molecule is Cc1ccc(N2CC3(CCN(Cc4ccccn4)C3)CC2=O)s1. The van der Waals surface area contributed by atoms with Crippen LogP contribution in [0.2, 0.25) is 0 Å². The molecule has 4 rings (SSSR count). The highest BCUT2D eigenvalue weighted by Gasteiger charge is 2.47. The molecular weight excluding hydrogens is 306 g/mol. The molecule has 0 saturated carbocycles. The maximum atomic E-state index is 12.5. The molecule has 0 N–H and O–H groups in total. The summed E-state index contributed by atoms with van der Waals surface area (Å²) >= 11 is 1.72. The first-order chi connectivity index (χ1) is 11.1. The number of nitrogens with zero attached hydrogens (tertiary/aromatic N) is 3. The van der Waals surface area contributed by atoms with Crippen LogP contribution in [-0.4, -0.2) is 35.4 Å². The fourth-order valence-corrected chi connectivity index (χ4v) is 4.70. The summed E-state index contributed by atoms with van der Waals surface area (Å²) in [4.78, 5) is 22.6. The van der Waals surface area contributed by atoms with Crippen LogP contribution in [0.5, 0.6) is 0 Å². The van der Waals surface area contributed by atoms with Gasteiger partial charge in [-0.05, 0) is 44.2 Å². The molecule has 120 valence electrons. The number of amides is 1. The summed E-state index contributed by atoms with van der Waals surface area (Å²) in [6, 6.07) is 10.2. The summed E-state index contributed by atoms with van der Waals surface area (Å²) in [6.45, 7) is 5.89. The van der Waals surface area contributed by atoms with E-state index in [-0.39, 0.29) is 11.3 Å². The van der Waals surface area contributed by atoms with Crippen LogP contribution in [0.4, 0.5) is 5.00 Å². The Morgan fingerprint density at radius 3 is 2.91 bits per heavy atom. The largest absolute Gasteiger partial charge is 0.303 e. The van der Waals surface area contributed by atoms with Crippen LogP contribution >= 0.6 is 11.3 Å². The molecule has 1 unspecified atom stereocenters. The summed E-state index contributed by atoms with van der Waals surface area (Å²) in [7, 11) is 0. The second-order valence-corrected chi connectivity index (χ2v) is 8.09. The Hall–Kier alpha value is -1.72. The number of hydrogen-bond donors (Lipinski definition) is 0. The van der Waals surface area contributed by atoms with Crippen LogP contribution < -0.4 is 4.90 Å². The highest BCUT2D eigenvalue weighted by molar-refractivity contribution is 7.16. The van der Waals surface area contributed by atoms with E-state index in [1.165, 1.54) is 4.88 Å².